The highest BCUT2D eigenvalue weighted by Crippen LogP contribution is 2.52. The van der Waals surface area contributed by atoms with Gasteiger partial charge in [0.05, 0.1) is 0 Å². The van der Waals surface area contributed by atoms with E-state index < -0.39 is 0 Å². The Morgan fingerprint density at radius 3 is 1.97 bits per heavy atom. The van der Waals surface area contributed by atoms with Crippen LogP contribution in [0.4, 0.5) is 0 Å². The first kappa shape index (κ1) is 35.0. The maximum Gasteiger partial charge on any atom is 0.135 e. The molecule has 9 aromatic carbocycles. The number of para-hydroxylation sites is 1. The summed E-state index contributed by atoms with van der Waals surface area (Å²) in [6, 6.07) is 74.1. The number of benzene rings is 9. The summed E-state index contributed by atoms with van der Waals surface area (Å²) in [4.78, 5) is 0. The maximum absolute atomic E-state index is 6.59. The van der Waals surface area contributed by atoms with Crippen molar-refractivity contribution in [2.24, 2.45) is 0 Å². The lowest BCUT2D eigenvalue weighted by Gasteiger charge is -2.26. The van der Waals surface area contributed by atoms with Crippen molar-refractivity contribution in [1.82, 2.24) is 0 Å². The van der Waals surface area contributed by atoms with Crippen LogP contribution in [0.15, 0.2) is 205 Å². The highest BCUT2D eigenvalue weighted by atomic mass is 32.1. The largest absolute Gasteiger partial charge is 0.456 e. The summed E-state index contributed by atoms with van der Waals surface area (Å²) in [5, 5.41) is 4.89. The van der Waals surface area contributed by atoms with Gasteiger partial charge in [0.2, 0.25) is 0 Å². The molecule has 1 aliphatic carbocycles. The van der Waals surface area contributed by atoms with Crippen molar-refractivity contribution in [3.05, 3.63) is 228 Å². The van der Waals surface area contributed by atoms with Crippen LogP contribution in [0.2, 0.25) is 0 Å². The summed E-state index contributed by atoms with van der Waals surface area (Å²) in [6.07, 6.45) is 0. The molecule has 0 spiro atoms. The first-order chi connectivity index (χ1) is 29.5. The van der Waals surface area contributed by atoms with Crippen LogP contribution in [-0.4, -0.2) is 0 Å². The van der Waals surface area contributed by atoms with Gasteiger partial charge in [0.25, 0.3) is 0 Å². The first-order valence-electron chi connectivity index (χ1n) is 20.9. The predicted molar refractivity (Wildman–Crippen MR) is 254 cm³/mol. The zero-order chi connectivity index (χ0) is 40.0. The topological polar surface area (TPSA) is 13.1 Å². The Morgan fingerprint density at radius 1 is 0.417 bits per heavy atom. The summed E-state index contributed by atoms with van der Waals surface area (Å²) < 4.78 is 9.18. The van der Waals surface area contributed by atoms with E-state index in [4.69, 9.17) is 4.42 Å². The molecule has 60 heavy (non-hydrogen) atoms. The van der Waals surface area contributed by atoms with Gasteiger partial charge in [0.15, 0.2) is 0 Å². The standard InChI is InChI=1S/C58H40OS/c1-58(2)49-24-11-8-20-42(49)43-29-27-39(34-50(43)58)55(40-28-30-45-44-21-9-12-25-51(44)59-52(45)35-40)46-22-7-6-19-41(46)47-31-32-54-57(48-23-10-13-26-53(48)60-54)56(47)38-18-14-17-37(33-38)36-15-4-3-5-16-36/h3-35,55H,1-2H3. The van der Waals surface area contributed by atoms with E-state index in [1.165, 1.54) is 92.5 Å². The molecule has 2 heteroatoms. The number of fused-ring (bicyclic) bond motifs is 9. The third-order valence-corrected chi connectivity index (χ3v) is 14.2. The first-order valence-corrected chi connectivity index (χ1v) is 21.7. The summed E-state index contributed by atoms with van der Waals surface area (Å²) >= 11 is 1.88. The summed E-state index contributed by atoms with van der Waals surface area (Å²) in [5.74, 6) is -0.0814. The lowest BCUT2D eigenvalue weighted by molar-refractivity contribution is 0.658. The third kappa shape index (κ3) is 5.38. The van der Waals surface area contributed by atoms with E-state index in [1.54, 1.807) is 0 Å². The van der Waals surface area contributed by atoms with Crippen molar-refractivity contribution in [2.45, 2.75) is 25.2 Å². The number of thiophene rings is 1. The van der Waals surface area contributed by atoms with Gasteiger partial charge >= 0.3 is 0 Å². The molecule has 0 bridgehead atoms. The molecule has 2 aromatic heterocycles. The van der Waals surface area contributed by atoms with Gasteiger partial charge in [-0.3, -0.25) is 0 Å². The van der Waals surface area contributed by atoms with E-state index in [2.05, 4.69) is 214 Å². The molecule has 0 saturated carbocycles. The molecule has 1 unspecified atom stereocenters. The summed E-state index contributed by atoms with van der Waals surface area (Å²) in [7, 11) is 0. The monoisotopic (exact) mass is 784 g/mol. The van der Waals surface area contributed by atoms with Gasteiger partial charge in [-0.05, 0) is 103 Å². The Balaban J connectivity index is 1.13. The molecule has 11 aromatic rings. The second kappa shape index (κ2) is 13.5. The number of hydrogen-bond acceptors (Lipinski definition) is 2. The maximum atomic E-state index is 6.59. The van der Waals surface area contributed by atoms with E-state index in [0.717, 1.165) is 21.9 Å². The quantitative estimate of drug-likeness (QED) is 0.153. The average molecular weight is 785 g/mol. The van der Waals surface area contributed by atoms with Crippen LogP contribution in [-0.2, 0) is 5.41 Å². The molecule has 0 amide bonds. The molecule has 1 aliphatic rings. The molecule has 1 atom stereocenters. The number of furan rings is 1. The van der Waals surface area contributed by atoms with Crippen LogP contribution < -0.4 is 0 Å². The zero-order valence-corrected chi connectivity index (χ0v) is 34.3. The fourth-order valence-electron chi connectivity index (χ4n) is 10.2. The molecule has 0 N–H and O–H groups in total. The molecule has 2 heterocycles. The fraction of sp³-hybridized carbons (Fsp3) is 0.0690. The fourth-order valence-corrected chi connectivity index (χ4v) is 11.3. The van der Waals surface area contributed by atoms with Crippen LogP contribution >= 0.6 is 11.3 Å². The molecule has 0 fully saturated rings. The Hall–Kier alpha value is -7.00. The smallest absolute Gasteiger partial charge is 0.135 e. The van der Waals surface area contributed by atoms with Crippen molar-refractivity contribution < 1.29 is 4.42 Å². The number of rotatable bonds is 6. The van der Waals surface area contributed by atoms with Crippen molar-refractivity contribution in [2.75, 3.05) is 0 Å². The highest BCUT2D eigenvalue weighted by Gasteiger charge is 2.36. The molecule has 284 valence electrons. The lowest BCUT2D eigenvalue weighted by atomic mass is 9.77. The van der Waals surface area contributed by atoms with Gasteiger partial charge in [-0.1, -0.05) is 184 Å². The van der Waals surface area contributed by atoms with E-state index >= 15 is 0 Å². The molecule has 0 radical (unpaired) electrons. The van der Waals surface area contributed by atoms with E-state index in [1.807, 2.05) is 11.3 Å². The summed E-state index contributed by atoms with van der Waals surface area (Å²) in [6.45, 7) is 4.75. The van der Waals surface area contributed by atoms with Crippen LogP contribution in [0.3, 0.4) is 0 Å². The van der Waals surface area contributed by atoms with Gasteiger partial charge in [-0.2, -0.15) is 0 Å². The van der Waals surface area contributed by atoms with Crippen molar-refractivity contribution in [1.29, 1.82) is 0 Å². The van der Waals surface area contributed by atoms with Crippen molar-refractivity contribution >= 4 is 53.4 Å². The minimum absolute atomic E-state index is 0.0814. The molecular formula is C58H40OS. The van der Waals surface area contributed by atoms with Crippen LogP contribution in [0.5, 0.6) is 0 Å². The molecular weight excluding hydrogens is 745 g/mol. The second-order valence-electron chi connectivity index (χ2n) is 16.8. The SMILES string of the molecule is CC1(C)c2ccccc2-c2ccc(C(c3ccc4c(c3)oc3ccccc34)c3ccccc3-c3ccc4sc5ccccc5c4c3-c3cccc(-c4ccccc4)c3)cc21. The minimum Gasteiger partial charge on any atom is -0.456 e. The molecule has 1 nitrogen and oxygen atoms in total. The van der Waals surface area contributed by atoms with Crippen LogP contribution in [0.1, 0.15) is 47.6 Å². The van der Waals surface area contributed by atoms with Crippen molar-refractivity contribution in [3.8, 4) is 44.5 Å². The Kier molecular flexibility index (Phi) is 7.89. The van der Waals surface area contributed by atoms with Gasteiger partial charge in [0, 0.05) is 42.3 Å². The average Bonchev–Trinajstić information content (AvgIpc) is 3.94. The predicted octanol–water partition coefficient (Wildman–Crippen LogP) is 16.4. The van der Waals surface area contributed by atoms with Gasteiger partial charge in [0.1, 0.15) is 11.2 Å². The lowest BCUT2D eigenvalue weighted by Crippen LogP contribution is -2.16. The van der Waals surface area contributed by atoms with Crippen LogP contribution in [0.25, 0.3) is 86.6 Å². The third-order valence-electron chi connectivity index (χ3n) is 13.0. The van der Waals surface area contributed by atoms with Crippen LogP contribution in [0, 0.1) is 0 Å². The molecule has 0 saturated heterocycles. The van der Waals surface area contributed by atoms with Gasteiger partial charge < -0.3 is 4.42 Å². The van der Waals surface area contributed by atoms with Gasteiger partial charge in [-0.15, -0.1) is 11.3 Å². The summed E-state index contributed by atoms with van der Waals surface area (Å²) in [5.41, 5.74) is 18.2. The zero-order valence-electron chi connectivity index (χ0n) is 33.4. The minimum atomic E-state index is -0.128. The number of hydrogen-bond donors (Lipinski definition) is 0. The Bertz CT molecular complexity index is 3470. The van der Waals surface area contributed by atoms with E-state index in [9.17, 15) is 0 Å². The molecule has 12 rings (SSSR count). The Morgan fingerprint density at radius 2 is 1.07 bits per heavy atom. The normalized spacial score (nSPS) is 13.6. The molecule has 0 aliphatic heterocycles. The highest BCUT2D eigenvalue weighted by molar-refractivity contribution is 7.26. The second-order valence-corrected chi connectivity index (χ2v) is 17.8. The van der Waals surface area contributed by atoms with Crippen molar-refractivity contribution in [3.63, 3.8) is 0 Å². The Labute approximate surface area is 353 Å². The van der Waals surface area contributed by atoms with E-state index in [0.29, 0.717) is 0 Å². The van der Waals surface area contributed by atoms with E-state index in [-0.39, 0.29) is 11.3 Å². The van der Waals surface area contributed by atoms with Gasteiger partial charge in [-0.25, -0.2) is 0 Å².